The molecule has 2 aromatic carbocycles. The summed E-state index contributed by atoms with van der Waals surface area (Å²) < 4.78 is 26.2. The molecule has 0 spiro atoms. The first-order chi connectivity index (χ1) is 15.7. The number of hydrogen-bond acceptors (Lipinski definition) is 4. The summed E-state index contributed by atoms with van der Waals surface area (Å²) >= 11 is 0. The van der Waals surface area contributed by atoms with Gasteiger partial charge < -0.3 is 10.2 Å². The largest absolute Gasteiger partial charge is 0.354 e. The Morgan fingerprint density at radius 3 is 2.18 bits per heavy atom. The third-order valence-electron chi connectivity index (χ3n) is 5.42. The molecule has 0 saturated carbocycles. The van der Waals surface area contributed by atoms with Gasteiger partial charge in [0.15, 0.2) is 0 Å². The van der Waals surface area contributed by atoms with E-state index in [1.165, 1.54) is 4.90 Å². The minimum Gasteiger partial charge on any atom is -0.354 e. The first-order valence-electron chi connectivity index (χ1n) is 11.3. The van der Waals surface area contributed by atoms with E-state index in [4.69, 9.17) is 0 Å². The lowest BCUT2D eigenvalue weighted by Gasteiger charge is -2.32. The molecule has 1 atom stereocenters. The van der Waals surface area contributed by atoms with Crippen LogP contribution in [0, 0.1) is 6.92 Å². The molecule has 180 valence electrons. The number of nitrogens with zero attached hydrogens (tertiary/aromatic N) is 2. The molecule has 7 nitrogen and oxygen atoms in total. The molecule has 0 unspecified atom stereocenters. The molecule has 0 fully saturated rings. The Morgan fingerprint density at radius 2 is 1.64 bits per heavy atom. The minimum absolute atomic E-state index is 0.220. The van der Waals surface area contributed by atoms with Crippen LogP contribution in [0.5, 0.6) is 0 Å². The molecule has 2 aromatic rings. The van der Waals surface area contributed by atoms with Crippen LogP contribution in [0.2, 0.25) is 0 Å². The Bertz CT molecular complexity index is 1010. The molecule has 2 amide bonds. The summed E-state index contributed by atoms with van der Waals surface area (Å²) in [5.41, 5.74) is 2.45. The molecule has 1 N–H and O–H groups in total. The predicted molar refractivity (Wildman–Crippen MR) is 133 cm³/mol. The highest BCUT2D eigenvalue weighted by atomic mass is 32.2. The summed E-state index contributed by atoms with van der Waals surface area (Å²) in [4.78, 5) is 27.8. The van der Waals surface area contributed by atoms with Crippen molar-refractivity contribution in [2.75, 3.05) is 30.2 Å². The van der Waals surface area contributed by atoms with Crippen LogP contribution in [0.4, 0.5) is 5.69 Å². The Labute approximate surface area is 197 Å². The van der Waals surface area contributed by atoms with Gasteiger partial charge in [-0.2, -0.15) is 0 Å². The van der Waals surface area contributed by atoms with E-state index in [0.29, 0.717) is 31.6 Å². The van der Waals surface area contributed by atoms with Crippen molar-refractivity contribution in [2.24, 2.45) is 0 Å². The fourth-order valence-corrected chi connectivity index (χ4v) is 4.44. The van der Waals surface area contributed by atoms with E-state index in [0.717, 1.165) is 28.1 Å². The molecule has 8 heteroatoms. The van der Waals surface area contributed by atoms with E-state index in [1.807, 2.05) is 51.1 Å². The number of rotatable bonds is 12. The van der Waals surface area contributed by atoms with Gasteiger partial charge in [0, 0.05) is 13.1 Å². The van der Waals surface area contributed by atoms with Crippen LogP contribution in [-0.4, -0.2) is 57.1 Å². The van der Waals surface area contributed by atoms with Crippen LogP contribution in [-0.2, 0) is 26.0 Å². The highest BCUT2D eigenvalue weighted by molar-refractivity contribution is 7.92. The van der Waals surface area contributed by atoms with E-state index in [9.17, 15) is 18.0 Å². The topological polar surface area (TPSA) is 86.8 Å². The van der Waals surface area contributed by atoms with Gasteiger partial charge in [-0.05, 0) is 43.9 Å². The second-order valence-electron chi connectivity index (χ2n) is 8.14. The minimum atomic E-state index is -3.71. The van der Waals surface area contributed by atoms with Gasteiger partial charge in [0.05, 0.1) is 11.9 Å². The van der Waals surface area contributed by atoms with E-state index >= 15 is 0 Å². The lowest BCUT2D eigenvalue weighted by Crippen LogP contribution is -2.53. The van der Waals surface area contributed by atoms with E-state index in [-0.39, 0.29) is 12.5 Å². The highest BCUT2D eigenvalue weighted by Crippen LogP contribution is 2.19. The van der Waals surface area contributed by atoms with E-state index in [2.05, 4.69) is 5.32 Å². The third-order valence-corrected chi connectivity index (χ3v) is 6.56. The van der Waals surface area contributed by atoms with Gasteiger partial charge in [-0.3, -0.25) is 13.9 Å². The summed E-state index contributed by atoms with van der Waals surface area (Å²) in [5, 5.41) is 2.87. The quantitative estimate of drug-likeness (QED) is 0.513. The van der Waals surface area contributed by atoms with Crippen LogP contribution < -0.4 is 9.62 Å². The smallest absolute Gasteiger partial charge is 0.244 e. The number of aryl methyl sites for hydroxylation is 1. The van der Waals surface area contributed by atoms with Gasteiger partial charge in [0.1, 0.15) is 12.6 Å². The van der Waals surface area contributed by atoms with Gasteiger partial charge >= 0.3 is 0 Å². The standard InChI is InChI=1S/C25H35N3O4S/c1-5-17-26-25(30)23(6-2)27(18-16-21-10-8-7-9-11-21)24(29)19-28(33(4,31)32)22-14-12-20(3)13-15-22/h7-15,23H,5-6,16-19H2,1-4H3,(H,26,30)/t23-/m0/s1. The summed E-state index contributed by atoms with van der Waals surface area (Å²) in [6.45, 7) is 6.19. The monoisotopic (exact) mass is 473 g/mol. The van der Waals surface area contributed by atoms with Crippen molar-refractivity contribution < 1.29 is 18.0 Å². The van der Waals surface area contributed by atoms with Gasteiger partial charge in [-0.15, -0.1) is 0 Å². The molecular formula is C25H35N3O4S. The van der Waals surface area contributed by atoms with Crippen molar-refractivity contribution in [1.82, 2.24) is 10.2 Å². The van der Waals surface area contributed by atoms with Crippen molar-refractivity contribution in [2.45, 2.75) is 46.1 Å². The molecule has 0 bridgehead atoms. The molecule has 0 radical (unpaired) electrons. The van der Waals surface area contributed by atoms with Crippen molar-refractivity contribution in [1.29, 1.82) is 0 Å². The molecule has 2 rings (SSSR count). The number of carbonyl (C=O) groups excluding carboxylic acids is 2. The maximum atomic E-state index is 13.5. The van der Waals surface area contributed by atoms with Crippen molar-refractivity contribution in [3.63, 3.8) is 0 Å². The zero-order valence-corrected chi connectivity index (χ0v) is 20.8. The van der Waals surface area contributed by atoms with Crippen LogP contribution in [0.3, 0.4) is 0 Å². The van der Waals surface area contributed by atoms with Crippen LogP contribution in [0.25, 0.3) is 0 Å². The molecule has 33 heavy (non-hydrogen) atoms. The first-order valence-corrected chi connectivity index (χ1v) is 13.2. The molecule has 0 aromatic heterocycles. The van der Waals surface area contributed by atoms with Crippen LogP contribution in [0.15, 0.2) is 54.6 Å². The first kappa shape index (κ1) is 26.4. The lowest BCUT2D eigenvalue weighted by molar-refractivity contribution is -0.139. The second kappa shape index (κ2) is 12.4. The third kappa shape index (κ3) is 7.89. The maximum absolute atomic E-state index is 13.5. The van der Waals surface area contributed by atoms with Gasteiger partial charge in [-0.1, -0.05) is 61.9 Å². The van der Waals surface area contributed by atoms with Crippen LogP contribution in [0.1, 0.15) is 37.8 Å². The molecule has 0 heterocycles. The van der Waals surface area contributed by atoms with Gasteiger partial charge in [0.2, 0.25) is 21.8 Å². The maximum Gasteiger partial charge on any atom is 0.244 e. The Kier molecular flexibility index (Phi) is 9.91. The number of nitrogens with one attached hydrogen (secondary N) is 1. The van der Waals surface area contributed by atoms with Crippen molar-refractivity contribution >= 4 is 27.5 Å². The molecular weight excluding hydrogens is 438 g/mol. The van der Waals surface area contributed by atoms with Crippen LogP contribution >= 0.6 is 0 Å². The van der Waals surface area contributed by atoms with Gasteiger partial charge in [-0.25, -0.2) is 8.42 Å². The fraction of sp³-hybridized carbons (Fsp3) is 0.440. The summed E-state index contributed by atoms with van der Waals surface area (Å²) in [7, 11) is -3.71. The number of sulfonamides is 1. The van der Waals surface area contributed by atoms with E-state index < -0.39 is 22.0 Å². The Morgan fingerprint density at radius 1 is 1.00 bits per heavy atom. The zero-order valence-electron chi connectivity index (χ0n) is 20.0. The predicted octanol–water partition coefficient (Wildman–Crippen LogP) is 3.14. The molecule has 0 aliphatic heterocycles. The number of anilines is 1. The Balaban J connectivity index is 2.32. The zero-order chi connectivity index (χ0) is 24.4. The lowest BCUT2D eigenvalue weighted by atomic mass is 10.1. The number of benzene rings is 2. The normalized spacial score (nSPS) is 12.1. The molecule has 0 aliphatic carbocycles. The van der Waals surface area contributed by atoms with Crippen molar-refractivity contribution in [3.8, 4) is 0 Å². The van der Waals surface area contributed by atoms with E-state index in [1.54, 1.807) is 24.3 Å². The summed E-state index contributed by atoms with van der Waals surface area (Å²) in [6, 6.07) is 16.0. The second-order valence-corrected chi connectivity index (χ2v) is 10.0. The number of hydrogen-bond donors (Lipinski definition) is 1. The number of amides is 2. The SMILES string of the molecule is CCCNC(=O)[C@H](CC)N(CCc1ccccc1)C(=O)CN(c1ccc(C)cc1)S(C)(=O)=O. The number of carbonyl (C=O) groups is 2. The molecule has 0 saturated heterocycles. The average Bonchev–Trinajstić information content (AvgIpc) is 2.79. The molecule has 0 aliphatic rings. The highest BCUT2D eigenvalue weighted by Gasteiger charge is 2.31. The van der Waals surface area contributed by atoms with Gasteiger partial charge in [0.25, 0.3) is 0 Å². The summed E-state index contributed by atoms with van der Waals surface area (Å²) in [5.74, 6) is -0.627. The average molecular weight is 474 g/mol. The Hall–Kier alpha value is -2.87. The fourth-order valence-electron chi connectivity index (χ4n) is 3.59. The summed E-state index contributed by atoms with van der Waals surface area (Å²) in [6.07, 6.45) is 2.86. The van der Waals surface area contributed by atoms with Crippen molar-refractivity contribution in [3.05, 3.63) is 65.7 Å².